The summed E-state index contributed by atoms with van der Waals surface area (Å²) in [5.41, 5.74) is 1.04. The van der Waals surface area contributed by atoms with Gasteiger partial charge >= 0.3 is 35.5 Å². The van der Waals surface area contributed by atoms with Gasteiger partial charge in [0.15, 0.2) is 0 Å². The van der Waals surface area contributed by atoms with Crippen LogP contribution in [0.15, 0.2) is 30.3 Å². The number of anilines is 1. The first-order valence-corrected chi connectivity index (χ1v) is 4.30. The van der Waals surface area contributed by atoms with E-state index in [1.807, 2.05) is 30.3 Å². The van der Waals surface area contributed by atoms with E-state index in [-0.39, 0.29) is 37.4 Å². The Bertz CT molecular complexity index is 269. The number of aliphatic carboxylic acids is 1. The minimum Gasteiger partial charge on any atom is -1.00 e. The average Bonchev–Trinajstić information content (AvgIpc) is 2.14. The Morgan fingerprint density at radius 3 is 2.57 bits per heavy atom. The smallest absolute Gasteiger partial charge is 1.00 e. The van der Waals surface area contributed by atoms with E-state index in [2.05, 4.69) is 5.32 Å². The predicted molar refractivity (Wildman–Crippen MR) is 52.9 cm³/mol. The van der Waals surface area contributed by atoms with Gasteiger partial charge in [-0.15, -0.1) is 0 Å². The molecular weight excluding hydrogens is 189 g/mol. The van der Waals surface area contributed by atoms with Crippen LogP contribution in [0, 0.1) is 0 Å². The molecule has 0 aliphatic heterocycles. The molecule has 2 N–H and O–H groups in total. The second kappa shape index (κ2) is 7.85. The van der Waals surface area contributed by atoms with Crippen molar-refractivity contribution in [3.05, 3.63) is 30.3 Å². The van der Waals surface area contributed by atoms with Crippen molar-refractivity contribution in [3.8, 4) is 0 Å². The predicted octanol–water partition coefficient (Wildman–Crippen LogP) is -0.920. The molecule has 0 amide bonds. The third-order valence-corrected chi connectivity index (χ3v) is 1.67. The van der Waals surface area contributed by atoms with E-state index in [9.17, 15) is 4.79 Å². The summed E-state index contributed by atoms with van der Waals surface area (Å²) in [6.45, 7) is 0.705. The first-order valence-electron chi connectivity index (χ1n) is 4.30. The molecule has 4 heteroatoms. The van der Waals surface area contributed by atoms with Crippen LogP contribution in [0.1, 0.15) is 14.3 Å². The molecular formula is C10H14NNaO2. The van der Waals surface area contributed by atoms with Crippen molar-refractivity contribution in [2.45, 2.75) is 12.8 Å². The van der Waals surface area contributed by atoms with Crippen molar-refractivity contribution >= 4 is 11.7 Å². The van der Waals surface area contributed by atoms with Crippen LogP contribution in [0.2, 0.25) is 0 Å². The average molecular weight is 203 g/mol. The Morgan fingerprint density at radius 1 is 1.36 bits per heavy atom. The van der Waals surface area contributed by atoms with Crippen molar-refractivity contribution in [1.82, 2.24) is 0 Å². The first-order chi connectivity index (χ1) is 6.29. The van der Waals surface area contributed by atoms with Crippen molar-refractivity contribution in [1.29, 1.82) is 0 Å². The Hall–Kier alpha value is -0.510. The van der Waals surface area contributed by atoms with Gasteiger partial charge in [0.2, 0.25) is 0 Å². The first kappa shape index (κ1) is 13.5. The van der Waals surface area contributed by atoms with Crippen molar-refractivity contribution in [2.75, 3.05) is 11.9 Å². The summed E-state index contributed by atoms with van der Waals surface area (Å²) in [7, 11) is 0. The number of benzene rings is 1. The van der Waals surface area contributed by atoms with Crippen LogP contribution >= 0.6 is 0 Å². The molecule has 0 atom stereocenters. The molecule has 1 rings (SSSR count). The molecule has 0 radical (unpaired) electrons. The number of rotatable bonds is 5. The van der Waals surface area contributed by atoms with Gasteiger partial charge in [0.1, 0.15) is 0 Å². The molecule has 0 bridgehead atoms. The van der Waals surface area contributed by atoms with E-state index in [1.165, 1.54) is 0 Å². The molecule has 0 heterocycles. The third-order valence-electron chi connectivity index (χ3n) is 1.67. The SMILES string of the molecule is O=C(O)CCCNc1ccccc1.[H-].[Na+]. The minimum atomic E-state index is -0.741. The number of para-hydroxylation sites is 1. The van der Waals surface area contributed by atoms with Crippen LogP contribution in [0.3, 0.4) is 0 Å². The molecule has 0 aliphatic carbocycles. The molecule has 14 heavy (non-hydrogen) atoms. The molecule has 0 fully saturated rings. The summed E-state index contributed by atoms with van der Waals surface area (Å²) in [5.74, 6) is -0.741. The summed E-state index contributed by atoms with van der Waals surface area (Å²) in [5, 5.41) is 11.5. The van der Waals surface area contributed by atoms with Crippen LogP contribution in [0.25, 0.3) is 0 Å². The van der Waals surface area contributed by atoms with Gasteiger partial charge < -0.3 is 11.8 Å². The molecule has 0 saturated heterocycles. The van der Waals surface area contributed by atoms with Gasteiger partial charge in [0, 0.05) is 18.7 Å². The Balaban J connectivity index is 0. The zero-order valence-corrected chi connectivity index (χ0v) is 10.4. The van der Waals surface area contributed by atoms with Crippen LogP contribution < -0.4 is 34.9 Å². The fraction of sp³-hybridized carbons (Fsp3) is 0.300. The van der Waals surface area contributed by atoms with Gasteiger partial charge in [-0.2, -0.15) is 0 Å². The number of hydrogen-bond donors (Lipinski definition) is 2. The van der Waals surface area contributed by atoms with E-state index in [0.717, 1.165) is 5.69 Å². The second-order valence-electron chi connectivity index (χ2n) is 2.79. The van der Waals surface area contributed by atoms with E-state index >= 15 is 0 Å². The summed E-state index contributed by atoms with van der Waals surface area (Å²) < 4.78 is 0. The van der Waals surface area contributed by atoms with E-state index in [1.54, 1.807) is 0 Å². The van der Waals surface area contributed by atoms with Crippen LogP contribution in [0.5, 0.6) is 0 Å². The zero-order chi connectivity index (χ0) is 9.52. The zero-order valence-electron chi connectivity index (χ0n) is 9.36. The number of carboxylic acid groups (broad SMARTS) is 1. The topological polar surface area (TPSA) is 49.3 Å². The molecule has 1 aromatic carbocycles. The summed E-state index contributed by atoms with van der Waals surface area (Å²) in [4.78, 5) is 10.2. The Labute approximate surface area is 107 Å². The van der Waals surface area contributed by atoms with Gasteiger partial charge in [0.25, 0.3) is 0 Å². The van der Waals surface area contributed by atoms with Gasteiger partial charge in [-0.25, -0.2) is 0 Å². The summed E-state index contributed by atoms with van der Waals surface area (Å²) in [6.07, 6.45) is 0.879. The van der Waals surface area contributed by atoms with E-state index < -0.39 is 5.97 Å². The maximum Gasteiger partial charge on any atom is 1.00 e. The van der Waals surface area contributed by atoms with Crippen molar-refractivity contribution in [3.63, 3.8) is 0 Å². The quantitative estimate of drug-likeness (QED) is 0.480. The largest absolute Gasteiger partial charge is 1.00 e. The van der Waals surface area contributed by atoms with E-state index in [4.69, 9.17) is 5.11 Å². The second-order valence-corrected chi connectivity index (χ2v) is 2.79. The molecule has 0 unspecified atom stereocenters. The van der Waals surface area contributed by atoms with Gasteiger partial charge in [-0.3, -0.25) is 4.79 Å². The normalized spacial score (nSPS) is 8.86. The molecule has 0 aliphatic rings. The third kappa shape index (κ3) is 6.02. The number of carboxylic acids is 1. The van der Waals surface area contributed by atoms with E-state index in [0.29, 0.717) is 13.0 Å². The maximum absolute atomic E-state index is 10.2. The van der Waals surface area contributed by atoms with Gasteiger partial charge in [-0.1, -0.05) is 18.2 Å². The molecule has 3 nitrogen and oxygen atoms in total. The Kier molecular flexibility index (Phi) is 7.57. The number of nitrogens with one attached hydrogen (secondary N) is 1. The van der Waals surface area contributed by atoms with Gasteiger partial charge in [-0.05, 0) is 18.6 Å². The molecule has 1 aromatic rings. The number of hydrogen-bond acceptors (Lipinski definition) is 2. The Morgan fingerprint density at radius 2 is 2.00 bits per heavy atom. The molecule has 0 spiro atoms. The van der Waals surface area contributed by atoms with Gasteiger partial charge in [0.05, 0.1) is 0 Å². The minimum absolute atomic E-state index is 0. The fourth-order valence-corrected chi connectivity index (χ4v) is 1.03. The summed E-state index contributed by atoms with van der Waals surface area (Å²) in [6, 6.07) is 9.75. The molecule has 0 saturated carbocycles. The maximum atomic E-state index is 10.2. The van der Waals surface area contributed by atoms with Crippen LogP contribution in [-0.2, 0) is 4.79 Å². The standard InChI is InChI=1S/C10H13NO2.Na.H/c12-10(13)7-4-8-11-9-5-2-1-3-6-9;;/h1-3,5-6,11H,4,7-8H2,(H,12,13);;/q;+1;-1. The summed E-state index contributed by atoms with van der Waals surface area (Å²) >= 11 is 0. The van der Waals surface area contributed by atoms with Crippen LogP contribution in [-0.4, -0.2) is 17.6 Å². The fourth-order valence-electron chi connectivity index (χ4n) is 1.03. The molecule has 0 aromatic heterocycles. The van der Waals surface area contributed by atoms with Crippen molar-refractivity contribution < 1.29 is 40.9 Å². The molecule has 72 valence electrons. The van der Waals surface area contributed by atoms with Crippen molar-refractivity contribution in [2.24, 2.45) is 0 Å². The number of carbonyl (C=O) groups is 1. The van der Waals surface area contributed by atoms with Crippen LogP contribution in [0.4, 0.5) is 5.69 Å². The monoisotopic (exact) mass is 203 g/mol.